The number of carbonyl (C=O) groups is 1. The standard InChI is InChI=1S/C19H17NO3S/c1-3-23-19(21)13-8-10-14(11-9-13)20-12-17-18(22-2)15-6-4-5-7-16(15)24-17/h4-12H,3H2,1-2H3. The van der Waals surface area contributed by atoms with Crippen molar-refractivity contribution < 1.29 is 14.3 Å². The molecule has 2 aromatic carbocycles. The van der Waals surface area contributed by atoms with Crippen molar-refractivity contribution in [2.45, 2.75) is 6.92 Å². The van der Waals surface area contributed by atoms with Gasteiger partial charge in [0.1, 0.15) is 5.75 Å². The number of esters is 1. The maximum Gasteiger partial charge on any atom is 0.338 e. The van der Waals surface area contributed by atoms with E-state index in [0.717, 1.165) is 26.4 Å². The molecule has 0 unspecified atom stereocenters. The predicted molar refractivity (Wildman–Crippen MR) is 98.0 cm³/mol. The van der Waals surface area contributed by atoms with Crippen molar-refractivity contribution in [1.29, 1.82) is 0 Å². The Hall–Kier alpha value is -2.66. The van der Waals surface area contributed by atoms with Gasteiger partial charge in [0.05, 0.1) is 29.8 Å². The Morgan fingerprint density at radius 1 is 1.17 bits per heavy atom. The fourth-order valence-electron chi connectivity index (χ4n) is 2.37. The number of carbonyl (C=O) groups excluding carboxylic acids is 1. The van der Waals surface area contributed by atoms with Gasteiger partial charge >= 0.3 is 5.97 Å². The zero-order valence-electron chi connectivity index (χ0n) is 13.5. The second-order valence-electron chi connectivity index (χ2n) is 5.02. The minimum absolute atomic E-state index is 0.320. The zero-order valence-corrected chi connectivity index (χ0v) is 14.3. The Bertz CT molecular complexity index is 881. The van der Waals surface area contributed by atoms with E-state index in [2.05, 4.69) is 11.1 Å². The quantitative estimate of drug-likeness (QED) is 0.494. The summed E-state index contributed by atoms with van der Waals surface area (Å²) in [5, 5.41) is 1.09. The summed E-state index contributed by atoms with van der Waals surface area (Å²) in [4.78, 5) is 17.1. The van der Waals surface area contributed by atoms with E-state index in [-0.39, 0.29) is 5.97 Å². The van der Waals surface area contributed by atoms with Crippen LogP contribution in [0.1, 0.15) is 22.2 Å². The Labute approximate surface area is 144 Å². The number of nitrogens with zero attached hydrogens (tertiary/aromatic N) is 1. The van der Waals surface area contributed by atoms with Crippen molar-refractivity contribution in [3.05, 3.63) is 59.0 Å². The molecule has 0 aliphatic heterocycles. The maximum absolute atomic E-state index is 11.6. The topological polar surface area (TPSA) is 47.9 Å². The summed E-state index contributed by atoms with van der Waals surface area (Å²) in [5.41, 5.74) is 1.29. The van der Waals surface area contributed by atoms with Crippen molar-refractivity contribution in [2.24, 2.45) is 4.99 Å². The molecule has 0 bridgehead atoms. The Morgan fingerprint density at radius 2 is 1.92 bits per heavy atom. The molecule has 0 saturated heterocycles. The fourth-order valence-corrected chi connectivity index (χ4v) is 3.41. The molecule has 0 amide bonds. The monoisotopic (exact) mass is 339 g/mol. The summed E-state index contributed by atoms with van der Waals surface area (Å²) < 4.78 is 11.7. The van der Waals surface area contributed by atoms with Gasteiger partial charge in [-0.15, -0.1) is 11.3 Å². The van der Waals surface area contributed by atoms with Crippen LogP contribution in [0.15, 0.2) is 53.5 Å². The van der Waals surface area contributed by atoms with E-state index in [1.165, 1.54) is 0 Å². The molecule has 0 aliphatic carbocycles. The molecule has 0 N–H and O–H groups in total. The summed E-state index contributed by atoms with van der Waals surface area (Å²) >= 11 is 1.63. The molecule has 1 heterocycles. The third-order valence-electron chi connectivity index (χ3n) is 3.49. The van der Waals surface area contributed by atoms with E-state index in [4.69, 9.17) is 9.47 Å². The Kier molecular flexibility index (Phi) is 4.91. The van der Waals surface area contributed by atoms with Crippen LogP contribution in [0.25, 0.3) is 10.1 Å². The van der Waals surface area contributed by atoms with E-state index in [1.54, 1.807) is 55.9 Å². The first kappa shape index (κ1) is 16.2. The summed E-state index contributed by atoms with van der Waals surface area (Å²) in [6.07, 6.45) is 1.79. The number of aliphatic imine (C=N–C) groups is 1. The third kappa shape index (κ3) is 3.31. The largest absolute Gasteiger partial charge is 0.495 e. The molecule has 0 spiro atoms. The van der Waals surface area contributed by atoms with E-state index in [0.29, 0.717) is 12.2 Å². The molecule has 1 aromatic heterocycles. The van der Waals surface area contributed by atoms with E-state index in [9.17, 15) is 4.79 Å². The minimum atomic E-state index is -0.320. The number of methoxy groups -OCH3 is 1. The van der Waals surface area contributed by atoms with E-state index in [1.807, 2.05) is 18.2 Å². The molecule has 0 aliphatic rings. The number of rotatable bonds is 5. The van der Waals surface area contributed by atoms with Gasteiger partial charge in [0.2, 0.25) is 0 Å². The lowest BCUT2D eigenvalue weighted by Crippen LogP contribution is -2.03. The van der Waals surface area contributed by atoms with E-state index < -0.39 is 0 Å². The predicted octanol–water partition coefficient (Wildman–Crippen LogP) is 4.84. The lowest BCUT2D eigenvalue weighted by atomic mass is 10.2. The molecule has 5 heteroatoms. The second-order valence-corrected chi connectivity index (χ2v) is 6.11. The molecule has 0 fully saturated rings. The van der Waals surface area contributed by atoms with Gasteiger partial charge in [-0.25, -0.2) is 4.79 Å². The molecule has 4 nitrogen and oxygen atoms in total. The Morgan fingerprint density at radius 3 is 2.62 bits per heavy atom. The fraction of sp³-hybridized carbons (Fsp3) is 0.158. The molecule has 0 saturated carbocycles. The van der Waals surface area contributed by atoms with Crippen LogP contribution in [0.4, 0.5) is 5.69 Å². The van der Waals surface area contributed by atoms with Crippen LogP contribution in [-0.2, 0) is 4.74 Å². The van der Waals surface area contributed by atoms with Gasteiger partial charge in [0.25, 0.3) is 0 Å². The summed E-state index contributed by atoms with van der Waals surface area (Å²) in [6.45, 7) is 2.15. The first-order valence-electron chi connectivity index (χ1n) is 7.59. The second kappa shape index (κ2) is 7.27. The average Bonchev–Trinajstić information content (AvgIpc) is 2.98. The lowest BCUT2D eigenvalue weighted by Gasteiger charge is -2.01. The van der Waals surface area contributed by atoms with Gasteiger partial charge in [-0.2, -0.15) is 0 Å². The van der Waals surface area contributed by atoms with Crippen molar-refractivity contribution in [1.82, 2.24) is 0 Å². The highest BCUT2D eigenvalue weighted by atomic mass is 32.1. The van der Waals surface area contributed by atoms with Gasteiger partial charge in [0.15, 0.2) is 0 Å². The molecule has 3 aromatic rings. The molecule has 24 heavy (non-hydrogen) atoms. The molecule has 0 radical (unpaired) electrons. The van der Waals surface area contributed by atoms with Crippen molar-refractivity contribution in [2.75, 3.05) is 13.7 Å². The van der Waals surface area contributed by atoms with Crippen LogP contribution in [0, 0.1) is 0 Å². The van der Waals surface area contributed by atoms with Gasteiger partial charge in [0, 0.05) is 16.3 Å². The van der Waals surface area contributed by atoms with Gasteiger partial charge in [-0.05, 0) is 43.3 Å². The summed E-state index contributed by atoms with van der Waals surface area (Å²) in [5.74, 6) is 0.515. The molecule has 122 valence electrons. The van der Waals surface area contributed by atoms with Crippen LogP contribution in [0.5, 0.6) is 5.75 Å². The summed E-state index contributed by atoms with van der Waals surface area (Å²) in [7, 11) is 1.67. The molecular weight excluding hydrogens is 322 g/mol. The lowest BCUT2D eigenvalue weighted by molar-refractivity contribution is 0.0526. The molecular formula is C19H17NO3S. The first-order valence-corrected chi connectivity index (χ1v) is 8.41. The minimum Gasteiger partial charge on any atom is -0.495 e. The van der Waals surface area contributed by atoms with Crippen LogP contribution in [0.3, 0.4) is 0 Å². The van der Waals surface area contributed by atoms with Crippen LogP contribution >= 0.6 is 11.3 Å². The van der Waals surface area contributed by atoms with Crippen molar-refractivity contribution in [3.63, 3.8) is 0 Å². The normalized spacial score (nSPS) is 11.1. The van der Waals surface area contributed by atoms with Gasteiger partial charge < -0.3 is 9.47 Å². The highest BCUT2D eigenvalue weighted by molar-refractivity contribution is 7.21. The number of hydrogen-bond donors (Lipinski definition) is 0. The van der Waals surface area contributed by atoms with Gasteiger partial charge in [-0.3, -0.25) is 4.99 Å². The van der Waals surface area contributed by atoms with Crippen molar-refractivity contribution in [3.8, 4) is 5.75 Å². The maximum atomic E-state index is 11.6. The number of thiophene rings is 1. The van der Waals surface area contributed by atoms with Crippen LogP contribution < -0.4 is 4.74 Å². The third-order valence-corrected chi connectivity index (χ3v) is 4.58. The summed E-state index contributed by atoms with van der Waals surface area (Å²) in [6, 6.07) is 15.1. The molecule has 0 atom stereocenters. The van der Waals surface area contributed by atoms with Crippen LogP contribution in [-0.4, -0.2) is 25.9 Å². The average molecular weight is 339 g/mol. The number of hydrogen-bond acceptors (Lipinski definition) is 5. The first-order chi connectivity index (χ1) is 11.7. The SMILES string of the molecule is CCOC(=O)c1ccc(N=Cc2sc3ccccc3c2OC)cc1. The highest BCUT2D eigenvalue weighted by Crippen LogP contribution is 2.36. The van der Waals surface area contributed by atoms with Crippen LogP contribution in [0.2, 0.25) is 0 Å². The van der Waals surface area contributed by atoms with Gasteiger partial charge in [-0.1, -0.05) is 12.1 Å². The number of benzene rings is 2. The smallest absolute Gasteiger partial charge is 0.338 e. The number of fused-ring (bicyclic) bond motifs is 1. The Balaban J connectivity index is 1.84. The van der Waals surface area contributed by atoms with E-state index >= 15 is 0 Å². The highest BCUT2D eigenvalue weighted by Gasteiger charge is 2.10. The zero-order chi connectivity index (χ0) is 16.9. The molecule has 3 rings (SSSR count). The number of ether oxygens (including phenoxy) is 2. The van der Waals surface area contributed by atoms with Crippen molar-refractivity contribution >= 4 is 39.3 Å².